The Balaban J connectivity index is 1.51. The minimum atomic E-state index is -0.855. The van der Waals surface area contributed by atoms with Crippen molar-refractivity contribution in [2.45, 2.75) is 38.8 Å². The van der Waals surface area contributed by atoms with Crippen LogP contribution in [0.5, 0.6) is 0 Å². The minimum Gasteiger partial charge on any atom is -0.480 e. The molecule has 8 nitrogen and oxygen atoms in total. The first-order valence-corrected chi connectivity index (χ1v) is 9.20. The highest BCUT2D eigenvalue weighted by atomic mass is 19.1. The molecule has 0 radical (unpaired) electrons. The standard InChI is InChI=1S/C19H24FN5O3/c1-3-24(11-18(26)27)15-6-14(7-15)23-19(28)22-13-4-5-17(16(20)8-13)25-10-12(2)9-21-25/h4-5,8-10,14-15H,3,6-7,11H2,1-2H3,(H,26,27)(H2,22,23,28). The van der Waals surface area contributed by atoms with Crippen LogP contribution >= 0.6 is 0 Å². The number of anilines is 1. The average Bonchev–Trinajstić information content (AvgIpc) is 3.02. The predicted molar refractivity (Wildman–Crippen MR) is 102 cm³/mol. The summed E-state index contributed by atoms with van der Waals surface area (Å²) in [7, 11) is 0. The molecular formula is C19H24FN5O3. The van der Waals surface area contributed by atoms with Gasteiger partial charge < -0.3 is 15.7 Å². The number of halogens is 1. The van der Waals surface area contributed by atoms with E-state index in [0.29, 0.717) is 30.8 Å². The van der Waals surface area contributed by atoms with E-state index in [4.69, 9.17) is 5.11 Å². The fraction of sp³-hybridized carbons (Fsp3) is 0.421. The van der Waals surface area contributed by atoms with E-state index in [1.165, 1.54) is 10.7 Å². The first kappa shape index (κ1) is 19.8. The number of benzene rings is 1. The van der Waals surface area contributed by atoms with E-state index in [1.807, 2.05) is 18.7 Å². The second-order valence-corrected chi connectivity index (χ2v) is 7.01. The van der Waals surface area contributed by atoms with Gasteiger partial charge in [0, 0.05) is 24.0 Å². The molecular weight excluding hydrogens is 365 g/mol. The summed E-state index contributed by atoms with van der Waals surface area (Å²) in [5, 5.41) is 18.5. The van der Waals surface area contributed by atoms with Gasteiger partial charge in [-0.3, -0.25) is 9.69 Å². The Kier molecular flexibility index (Phi) is 5.93. The van der Waals surface area contributed by atoms with Crippen molar-refractivity contribution in [3.8, 4) is 5.69 Å². The number of rotatable bonds is 7. The van der Waals surface area contributed by atoms with Gasteiger partial charge in [-0.1, -0.05) is 6.92 Å². The predicted octanol–water partition coefficient (Wildman–Crippen LogP) is 2.38. The highest BCUT2D eigenvalue weighted by molar-refractivity contribution is 5.89. The number of likely N-dealkylation sites (N-methyl/N-ethyl adjacent to an activating group) is 1. The zero-order chi connectivity index (χ0) is 20.3. The number of urea groups is 1. The van der Waals surface area contributed by atoms with Crippen LogP contribution in [0.1, 0.15) is 25.3 Å². The molecule has 1 aromatic carbocycles. The van der Waals surface area contributed by atoms with Crippen LogP contribution in [-0.4, -0.2) is 57.0 Å². The third kappa shape index (κ3) is 4.66. The lowest BCUT2D eigenvalue weighted by Crippen LogP contribution is -2.55. The van der Waals surface area contributed by atoms with E-state index in [2.05, 4.69) is 15.7 Å². The first-order chi connectivity index (χ1) is 13.4. The van der Waals surface area contributed by atoms with E-state index in [9.17, 15) is 14.0 Å². The second kappa shape index (κ2) is 8.39. The molecule has 0 aliphatic heterocycles. The van der Waals surface area contributed by atoms with Crippen LogP contribution in [0.15, 0.2) is 30.6 Å². The maximum Gasteiger partial charge on any atom is 0.319 e. The van der Waals surface area contributed by atoms with Gasteiger partial charge in [0.25, 0.3) is 0 Å². The molecule has 1 fully saturated rings. The number of carbonyl (C=O) groups excluding carboxylic acids is 1. The minimum absolute atomic E-state index is 0.00147. The highest BCUT2D eigenvalue weighted by Crippen LogP contribution is 2.26. The maximum atomic E-state index is 14.3. The van der Waals surface area contributed by atoms with Crippen LogP contribution in [-0.2, 0) is 4.79 Å². The second-order valence-electron chi connectivity index (χ2n) is 7.01. The zero-order valence-corrected chi connectivity index (χ0v) is 15.9. The molecule has 0 spiro atoms. The zero-order valence-electron chi connectivity index (χ0n) is 15.9. The van der Waals surface area contributed by atoms with Crippen LogP contribution in [0, 0.1) is 12.7 Å². The van der Waals surface area contributed by atoms with Gasteiger partial charge >= 0.3 is 12.0 Å². The molecule has 0 atom stereocenters. The van der Waals surface area contributed by atoms with Crippen molar-refractivity contribution in [2.75, 3.05) is 18.4 Å². The number of nitrogens with zero attached hydrogens (tertiary/aromatic N) is 3. The maximum absolute atomic E-state index is 14.3. The molecule has 1 aliphatic rings. The summed E-state index contributed by atoms with van der Waals surface area (Å²) >= 11 is 0. The van der Waals surface area contributed by atoms with Crippen molar-refractivity contribution >= 4 is 17.7 Å². The number of hydrogen-bond donors (Lipinski definition) is 3. The molecule has 2 aromatic rings. The number of nitrogens with one attached hydrogen (secondary N) is 2. The molecule has 0 unspecified atom stereocenters. The molecule has 1 saturated carbocycles. The highest BCUT2D eigenvalue weighted by Gasteiger charge is 2.34. The van der Waals surface area contributed by atoms with Crippen molar-refractivity contribution in [3.63, 3.8) is 0 Å². The van der Waals surface area contributed by atoms with Gasteiger partial charge in [-0.15, -0.1) is 0 Å². The number of carboxylic acid groups (broad SMARTS) is 1. The van der Waals surface area contributed by atoms with Crippen LogP contribution in [0.25, 0.3) is 5.69 Å². The lowest BCUT2D eigenvalue weighted by molar-refractivity contribution is -0.139. The molecule has 0 bridgehead atoms. The van der Waals surface area contributed by atoms with Gasteiger partial charge in [-0.05, 0) is 50.1 Å². The van der Waals surface area contributed by atoms with E-state index in [0.717, 1.165) is 5.56 Å². The number of aliphatic carboxylic acids is 1. The van der Waals surface area contributed by atoms with Gasteiger partial charge in [-0.2, -0.15) is 5.10 Å². The van der Waals surface area contributed by atoms with Crippen LogP contribution < -0.4 is 10.6 Å². The molecule has 28 heavy (non-hydrogen) atoms. The number of carbonyl (C=O) groups is 2. The van der Waals surface area contributed by atoms with Crippen molar-refractivity contribution < 1.29 is 19.1 Å². The Morgan fingerprint density at radius 3 is 2.71 bits per heavy atom. The summed E-state index contributed by atoms with van der Waals surface area (Å²) < 4.78 is 15.8. The Morgan fingerprint density at radius 1 is 1.39 bits per heavy atom. The van der Waals surface area contributed by atoms with Gasteiger partial charge in [-0.25, -0.2) is 13.9 Å². The van der Waals surface area contributed by atoms with Gasteiger partial charge in [0.2, 0.25) is 0 Å². The van der Waals surface area contributed by atoms with Gasteiger partial charge in [0.05, 0.1) is 12.7 Å². The SMILES string of the molecule is CCN(CC(=O)O)C1CC(NC(=O)Nc2ccc(-n3cc(C)cn3)c(F)c2)C1. The fourth-order valence-corrected chi connectivity index (χ4v) is 3.34. The molecule has 2 amide bonds. The summed E-state index contributed by atoms with van der Waals surface area (Å²) in [6, 6.07) is 4.14. The summed E-state index contributed by atoms with van der Waals surface area (Å²) in [5.41, 5.74) is 1.57. The topological polar surface area (TPSA) is 99.5 Å². The lowest BCUT2D eigenvalue weighted by atomic mass is 9.85. The largest absolute Gasteiger partial charge is 0.480 e. The van der Waals surface area contributed by atoms with E-state index in [1.54, 1.807) is 24.5 Å². The van der Waals surface area contributed by atoms with Gasteiger partial charge in [0.15, 0.2) is 5.82 Å². The Bertz CT molecular complexity index is 863. The Labute approximate surface area is 162 Å². The molecule has 0 saturated heterocycles. The molecule has 1 heterocycles. The summed E-state index contributed by atoms with van der Waals surface area (Å²) in [4.78, 5) is 24.9. The van der Waals surface area contributed by atoms with E-state index in [-0.39, 0.29) is 18.6 Å². The average molecular weight is 389 g/mol. The molecule has 1 aromatic heterocycles. The lowest BCUT2D eigenvalue weighted by Gasteiger charge is -2.42. The van der Waals surface area contributed by atoms with Crippen molar-refractivity contribution in [2.24, 2.45) is 0 Å². The quantitative estimate of drug-likeness (QED) is 0.675. The summed E-state index contributed by atoms with van der Waals surface area (Å²) in [6.07, 6.45) is 4.75. The first-order valence-electron chi connectivity index (χ1n) is 9.20. The van der Waals surface area contributed by atoms with Crippen LogP contribution in [0.2, 0.25) is 0 Å². The molecule has 3 N–H and O–H groups in total. The summed E-state index contributed by atoms with van der Waals surface area (Å²) in [6.45, 7) is 4.44. The van der Waals surface area contributed by atoms with Crippen molar-refractivity contribution in [1.82, 2.24) is 20.0 Å². The third-order valence-corrected chi connectivity index (χ3v) is 4.87. The van der Waals surface area contributed by atoms with Crippen LogP contribution in [0.4, 0.5) is 14.9 Å². The molecule has 1 aliphatic carbocycles. The fourth-order valence-electron chi connectivity index (χ4n) is 3.34. The number of aryl methyl sites for hydroxylation is 1. The normalized spacial score (nSPS) is 18.6. The van der Waals surface area contributed by atoms with E-state index < -0.39 is 17.8 Å². The van der Waals surface area contributed by atoms with Gasteiger partial charge in [0.1, 0.15) is 5.69 Å². The van der Waals surface area contributed by atoms with E-state index >= 15 is 0 Å². The number of amides is 2. The number of carboxylic acids is 1. The van der Waals surface area contributed by atoms with Crippen molar-refractivity contribution in [3.05, 3.63) is 42.0 Å². The Hall–Kier alpha value is -2.94. The smallest absolute Gasteiger partial charge is 0.319 e. The van der Waals surface area contributed by atoms with Crippen molar-refractivity contribution in [1.29, 1.82) is 0 Å². The number of aromatic nitrogens is 2. The molecule has 9 heteroatoms. The van der Waals surface area contributed by atoms with Crippen LogP contribution in [0.3, 0.4) is 0 Å². The molecule has 150 valence electrons. The molecule has 3 rings (SSSR count). The monoisotopic (exact) mass is 389 g/mol. The number of hydrogen-bond acceptors (Lipinski definition) is 4. The summed E-state index contributed by atoms with van der Waals surface area (Å²) in [5.74, 6) is -1.34. The Morgan fingerprint density at radius 2 is 2.14 bits per heavy atom. The third-order valence-electron chi connectivity index (χ3n) is 4.87.